The van der Waals surface area contributed by atoms with E-state index in [1.165, 1.54) is 0 Å². The van der Waals surface area contributed by atoms with Gasteiger partial charge in [0.25, 0.3) is 0 Å². The van der Waals surface area contributed by atoms with Gasteiger partial charge < -0.3 is 9.73 Å². The van der Waals surface area contributed by atoms with Crippen molar-refractivity contribution < 1.29 is 4.42 Å². The Morgan fingerprint density at radius 2 is 1.92 bits per heavy atom. The van der Waals surface area contributed by atoms with E-state index in [1.54, 1.807) is 23.1 Å². The first-order chi connectivity index (χ1) is 12.9. The smallest absolute Gasteiger partial charge is 0.168 e. The van der Waals surface area contributed by atoms with E-state index in [1.807, 2.05) is 54.7 Å². The van der Waals surface area contributed by atoms with Crippen molar-refractivity contribution in [3.05, 3.63) is 78.9 Å². The minimum absolute atomic E-state index is 0.680. The van der Waals surface area contributed by atoms with Crippen LogP contribution in [0.5, 0.6) is 0 Å². The van der Waals surface area contributed by atoms with Crippen LogP contribution in [0.4, 0.5) is 5.82 Å². The van der Waals surface area contributed by atoms with Gasteiger partial charge in [-0.2, -0.15) is 5.10 Å². The highest BCUT2D eigenvalue weighted by Gasteiger charge is 2.13. The lowest BCUT2D eigenvalue weighted by Gasteiger charge is -2.06. The third-order valence-electron chi connectivity index (χ3n) is 4.28. The van der Waals surface area contributed by atoms with E-state index in [2.05, 4.69) is 15.4 Å². The van der Waals surface area contributed by atoms with Gasteiger partial charge in [-0.05, 0) is 35.9 Å². The zero-order valence-electron chi connectivity index (χ0n) is 13.8. The zero-order valence-corrected chi connectivity index (χ0v) is 13.8. The Kier molecular flexibility index (Phi) is 3.38. The molecule has 0 unspecified atom stereocenters. The van der Waals surface area contributed by atoms with Gasteiger partial charge in [0.15, 0.2) is 5.65 Å². The number of rotatable bonds is 4. The van der Waals surface area contributed by atoms with Crippen LogP contribution in [0.25, 0.3) is 27.9 Å². The van der Waals surface area contributed by atoms with Crippen LogP contribution >= 0.6 is 0 Å². The standard InChI is InChI=1S/C20H15N5O/c1-2-4-17-15(3-1)11-18(26-17)16-13-23-25-10-7-19(24-20(16)25)22-12-14-5-8-21-9-6-14/h1-11,13H,12H2,(H,22,24). The fourth-order valence-corrected chi connectivity index (χ4v) is 2.95. The Bertz CT molecular complexity index is 1160. The Morgan fingerprint density at radius 3 is 2.81 bits per heavy atom. The molecule has 1 N–H and O–H groups in total. The summed E-state index contributed by atoms with van der Waals surface area (Å²) in [7, 11) is 0. The van der Waals surface area contributed by atoms with Gasteiger partial charge in [0.2, 0.25) is 0 Å². The maximum Gasteiger partial charge on any atom is 0.168 e. The van der Waals surface area contributed by atoms with Crippen LogP contribution < -0.4 is 5.32 Å². The summed E-state index contributed by atoms with van der Waals surface area (Å²) in [5.41, 5.74) is 3.62. The van der Waals surface area contributed by atoms with Crippen molar-refractivity contribution in [1.82, 2.24) is 19.6 Å². The van der Waals surface area contributed by atoms with Crippen LogP contribution in [-0.2, 0) is 6.54 Å². The van der Waals surface area contributed by atoms with Gasteiger partial charge >= 0.3 is 0 Å². The summed E-state index contributed by atoms with van der Waals surface area (Å²) in [6.45, 7) is 0.680. The minimum atomic E-state index is 0.680. The van der Waals surface area contributed by atoms with Crippen LogP contribution in [-0.4, -0.2) is 19.6 Å². The number of hydrogen-bond donors (Lipinski definition) is 1. The predicted molar refractivity (Wildman–Crippen MR) is 99.8 cm³/mol. The van der Waals surface area contributed by atoms with Crippen molar-refractivity contribution in [2.24, 2.45) is 0 Å². The molecule has 126 valence electrons. The van der Waals surface area contributed by atoms with Crippen LogP contribution in [0.15, 0.2) is 77.7 Å². The molecule has 6 heteroatoms. The van der Waals surface area contributed by atoms with E-state index >= 15 is 0 Å². The van der Waals surface area contributed by atoms with Gasteiger partial charge in [0.1, 0.15) is 17.2 Å². The first-order valence-electron chi connectivity index (χ1n) is 8.33. The number of hydrogen-bond acceptors (Lipinski definition) is 5. The Balaban J connectivity index is 1.50. The highest BCUT2D eigenvalue weighted by atomic mass is 16.3. The maximum absolute atomic E-state index is 5.97. The summed E-state index contributed by atoms with van der Waals surface area (Å²) in [6, 6.07) is 15.8. The van der Waals surface area contributed by atoms with Gasteiger partial charge in [-0.15, -0.1) is 0 Å². The van der Waals surface area contributed by atoms with Crippen molar-refractivity contribution >= 4 is 22.4 Å². The van der Waals surface area contributed by atoms with E-state index in [0.29, 0.717) is 6.54 Å². The molecule has 0 bridgehead atoms. The first-order valence-corrected chi connectivity index (χ1v) is 8.33. The number of anilines is 1. The Labute approximate surface area is 149 Å². The molecule has 0 amide bonds. The summed E-state index contributed by atoms with van der Waals surface area (Å²) < 4.78 is 7.72. The molecule has 5 aromatic rings. The molecular weight excluding hydrogens is 326 g/mol. The molecular formula is C20H15N5O. The largest absolute Gasteiger partial charge is 0.456 e. The third-order valence-corrected chi connectivity index (χ3v) is 4.28. The molecule has 0 radical (unpaired) electrons. The quantitative estimate of drug-likeness (QED) is 0.532. The summed E-state index contributed by atoms with van der Waals surface area (Å²) in [5, 5.41) is 8.78. The number of fused-ring (bicyclic) bond motifs is 2. The fourth-order valence-electron chi connectivity index (χ4n) is 2.95. The van der Waals surface area contributed by atoms with E-state index < -0.39 is 0 Å². The van der Waals surface area contributed by atoms with E-state index in [4.69, 9.17) is 9.40 Å². The van der Waals surface area contributed by atoms with Crippen molar-refractivity contribution in [1.29, 1.82) is 0 Å². The number of benzene rings is 1. The molecule has 0 fully saturated rings. The van der Waals surface area contributed by atoms with E-state index in [-0.39, 0.29) is 0 Å². The first kappa shape index (κ1) is 14.7. The molecule has 0 saturated heterocycles. The number of nitrogens with zero attached hydrogens (tertiary/aromatic N) is 4. The zero-order chi connectivity index (χ0) is 17.3. The van der Waals surface area contributed by atoms with Gasteiger partial charge in [-0.1, -0.05) is 18.2 Å². The lowest BCUT2D eigenvalue weighted by molar-refractivity contribution is 0.632. The normalized spacial score (nSPS) is 11.2. The molecule has 4 heterocycles. The second kappa shape index (κ2) is 6.00. The molecule has 1 aromatic carbocycles. The van der Waals surface area contributed by atoms with Gasteiger partial charge in [0.05, 0.1) is 11.8 Å². The molecule has 0 aliphatic carbocycles. The summed E-state index contributed by atoms with van der Waals surface area (Å²) >= 11 is 0. The molecule has 0 spiro atoms. The maximum atomic E-state index is 5.97. The SMILES string of the molecule is c1ccc2oc(-c3cnn4ccc(NCc5ccncc5)nc34)cc2c1. The van der Waals surface area contributed by atoms with Crippen LogP contribution in [0.3, 0.4) is 0 Å². The second-order valence-electron chi connectivity index (χ2n) is 6.00. The van der Waals surface area contributed by atoms with E-state index in [0.717, 1.165) is 39.3 Å². The number of aromatic nitrogens is 4. The molecule has 5 rings (SSSR count). The molecule has 0 atom stereocenters. The van der Waals surface area contributed by atoms with Gasteiger partial charge in [-0.3, -0.25) is 4.98 Å². The van der Waals surface area contributed by atoms with Crippen molar-refractivity contribution in [2.75, 3.05) is 5.32 Å². The Morgan fingerprint density at radius 1 is 1.04 bits per heavy atom. The molecule has 26 heavy (non-hydrogen) atoms. The third kappa shape index (κ3) is 2.57. The van der Waals surface area contributed by atoms with Crippen molar-refractivity contribution in [3.8, 4) is 11.3 Å². The van der Waals surface area contributed by atoms with Crippen LogP contribution in [0.2, 0.25) is 0 Å². The molecule has 0 aliphatic heterocycles. The highest BCUT2D eigenvalue weighted by Crippen LogP contribution is 2.30. The summed E-state index contributed by atoms with van der Waals surface area (Å²) in [6.07, 6.45) is 7.24. The topological polar surface area (TPSA) is 68.2 Å². The molecule has 0 saturated carbocycles. The second-order valence-corrected chi connectivity index (χ2v) is 6.00. The predicted octanol–water partition coefficient (Wildman–Crippen LogP) is 4.15. The average Bonchev–Trinajstić information content (AvgIpc) is 3.30. The highest BCUT2D eigenvalue weighted by molar-refractivity contribution is 5.86. The average molecular weight is 341 g/mol. The molecule has 4 aromatic heterocycles. The lowest BCUT2D eigenvalue weighted by atomic mass is 10.2. The molecule has 0 aliphatic rings. The number of para-hydroxylation sites is 1. The van der Waals surface area contributed by atoms with E-state index in [9.17, 15) is 0 Å². The van der Waals surface area contributed by atoms with Crippen molar-refractivity contribution in [3.63, 3.8) is 0 Å². The Hall–Kier alpha value is -3.67. The number of nitrogens with one attached hydrogen (secondary N) is 1. The minimum Gasteiger partial charge on any atom is -0.456 e. The summed E-state index contributed by atoms with van der Waals surface area (Å²) in [4.78, 5) is 8.74. The monoisotopic (exact) mass is 341 g/mol. The van der Waals surface area contributed by atoms with Gasteiger partial charge in [0, 0.05) is 30.5 Å². The van der Waals surface area contributed by atoms with Crippen LogP contribution in [0, 0.1) is 0 Å². The van der Waals surface area contributed by atoms with Gasteiger partial charge in [-0.25, -0.2) is 9.50 Å². The number of furan rings is 1. The molecule has 6 nitrogen and oxygen atoms in total. The van der Waals surface area contributed by atoms with Crippen molar-refractivity contribution in [2.45, 2.75) is 6.54 Å². The summed E-state index contributed by atoms with van der Waals surface area (Å²) in [5.74, 6) is 1.55. The fraction of sp³-hybridized carbons (Fsp3) is 0.0500. The number of pyridine rings is 1. The van der Waals surface area contributed by atoms with Crippen LogP contribution in [0.1, 0.15) is 5.56 Å². The lowest BCUT2D eigenvalue weighted by Crippen LogP contribution is -2.02.